The Bertz CT molecular complexity index is 860. The van der Waals surface area contributed by atoms with Crippen molar-refractivity contribution in [1.29, 1.82) is 0 Å². The van der Waals surface area contributed by atoms with Gasteiger partial charge < -0.3 is 9.84 Å². The van der Waals surface area contributed by atoms with Gasteiger partial charge in [-0.3, -0.25) is 0 Å². The van der Waals surface area contributed by atoms with Gasteiger partial charge in [-0.1, -0.05) is 17.7 Å². The van der Waals surface area contributed by atoms with Crippen molar-refractivity contribution in [2.24, 2.45) is 0 Å². The summed E-state index contributed by atoms with van der Waals surface area (Å²) < 4.78 is 19.2. The fourth-order valence-electron chi connectivity index (χ4n) is 2.02. The molecule has 0 spiro atoms. The first-order chi connectivity index (χ1) is 11.5. The van der Waals surface area contributed by atoms with Crippen LogP contribution < -0.4 is 4.74 Å². The predicted molar refractivity (Wildman–Crippen MR) is 90.3 cm³/mol. The van der Waals surface area contributed by atoms with Crippen LogP contribution >= 0.6 is 22.9 Å². The third kappa shape index (κ3) is 3.55. The average Bonchev–Trinajstić information content (AvgIpc) is 3.05. The third-order valence-electron chi connectivity index (χ3n) is 3.27. The van der Waals surface area contributed by atoms with E-state index in [4.69, 9.17) is 21.4 Å². The molecule has 0 saturated heterocycles. The summed E-state index contributed by atoms with van der Waals surface area (Å²) in [7, 11) is 0. The number of nitrogens with zero attached hydrogens (tertiary/aromatic N) is 1. The van der Waals surface area contributed by atoms with Gasteiger partial charge in [0, 0.05) is 16.5 Å². The third-order valence-corrected chi connectivity index (χ3v) is 4.51. The zero-order chi connectivity index (χ0) is 17.1. The van der Waals surface area contributed by atoms with E-state index in [0.717, 1.165) is 5.56 Å². The Morgan fingerprint density at radius 2 is 2.00 bits per heavy atom. The summed E-state index contributed by atoms with van der Waals surface area (Å²) in [6.45, 7) is 0.0191. The minimum absolute atomic E-state index is 0.0181. The van der Waals surface area contributed by atoms with Gasteiger partial charge in [-0.2, -0.15) is 0 Å². The van der Waals surface area contributed by atoms with Crippen LogP contribution in [0, 0.1) is 5.82 Å². The molecule has 0 saturated carbocycles. The summed E-state index contributed by atoms with van der Waals surface area (Å²) in [5, 5.41) is 11.3. The molecular weight excluding hydrogens is 353 g/mol. The van der Waals surface area contributed by atoms with Crippen LogP contribution in [0.2, 0.25) is 5.02 Å². The van der Waals surface area contributed by atoms with E-state index in [1.807, 2.05) is 0 Å². The van der Waals surface area contributed by atoms with Gasteiger partial charge >= 0.3 is 5.97 Å². The fourth-order valence-corrected chi connectivity index (χ4v) is 3.04. The van der Waals surface area contributed by atoms with Crippen molar-refractivity contribution in [2.75, 3.05) is 0 Å². The largest absolute Gasteiger partial charge is 0.489 e. The molecule has 1 aromatic heterocycles. The monoisotopic (exact) mass is 363 g/mol. The van der Waals surface area contributed by atoms with Crippen LogP contribution in [0.4, 0.5) is 4.39 Å². The highest BCUT2D eigenvalue weighted by Gasteiger charge is 2.11. The molecule has 0 aliphatic rings. The molecule has 4 nitrogen and oxygen atoms in total. The van der Waals surface area contributed by atoms with E-state index < -0.39 is 11.8 Å². The highest BCUT2D eigenvalue weighted by molar-refractivity contribution is 7.13. The number of benzene rings is 2. The predicted octanol–water partition coefficient (Wildman–Crippen LogP) is 4.88. The van der Waals surface area contributed by atoms with Gasteiger partial charge in [0.25, 0.3) is 0 Å². The standard InChI is InChI=1S/C17H11ClFNO3S/c18-13-2-1-3-14(19)12(13)8-23-11-6-4-10(5-7-11)16-20-15(9-24-16)17(21)22/h1-7,9H,8H2,(H,21,22). The highest BCUT2D eigenvalue weighted by Crippen LogP contribution is 2.27. The lowest BCUT2D eigenvalue weighted by Gasteiger charge is -2.09. The van der Waals surface area contributed by atoms with Gasteiger partial charge in [-0.15, -0.1) is 11.3 Å². The van der Waals surface area contributed by atoms with Crippen molar-refractivity contribution in [2.45, 2.75) is 6.61 Å². The van der Waals surface area contributed by atoms with Gasteiger partial charge in [0.1, 0.15) is 23.2 Å². The second kappa shape index (κ2) is 6.98. The van der Waals surface area contributed by atoms with Gasteiger partial charge in [-0.05, 0) is 36.4 Å². The van der Waals surface area contributed by atoms with Gasteiger partial charge in [0.05, 0.1) is 5.02 Å². The average molecular weight is 364 g/mol. The van der Waals surface area contributed by atoms with E-state index in [9.17, 15) is 9.18 Å². The Morgan fingerprint density at radius 1 is 1.25 bits per heavy atom. The van der Waals surface area contributed by atoms with Gasteiger partial charge in [0.15, 0.2) is 5.69 Å². The van der Waals surface area contributed by atoms with Crippen molar-refractivity contribution < 1.29 is 19.0 Å². The van der Waals surface area contributed by atoms with Crippen LogP contribution in [-0.4, -0.2) is 16.1 Å². The normalized spacial score (nSPS) is 10.6. The Kier molecular flexibility index (Phi) is 4.78. The van der Waals surface area contributed by atoms with Crippen molar-refractivity contribution in [3.8, 4) is 16.3 Å². The summed E-state index contributed by atoms with van der Waals surface area (Å²) in [5.74, 6) is -0.921. The van der Waals surface area contributed by atoms with E-state index in [1.54, 1.807) is 30.3 Å². The van der Waals surface area contributed by atoms with Crippen molar-refractivity contribution >= 4 is 28.9 Å². The summed E-state index contributed by atoms with van der Waals surface area (Å²) in [5.41, 5.74) is 1.10. The van der Waals surface area contributed by atoms with Gasteiger partial charge in [-0.25, -0.2) is 14.2 Å². The zero-order valence-electron chi connectivity index (χ0n) is 12.2. The summed E-state index contributed by atoms with van der Waals surface area (Å²) >= 11 is 7.21. The molecule has 1 N–H and O–H groups in total. The number of hydrogen-bond acceptors (Lipinski definition) is 4. The van der Waals surface area contributed by atoms with E-state index in [-0.39, 0.29) is 12.3 Å². The molecule has 1 heterocycles. The maximum atomic E-state index is 13.7. The lowest BCUT2D eigenvalue weighted by Crippen LogP contribution is -1.99. The molecule has 0 amide bonds. The number of halogens is 2. The number of carboxylic acids is 1. The Morgan fingerprint density at radius 3 is 2.62 bits per heavy atom. The summed E-state index contributed by atoms with van der Waals surface area (Å²) in [6.07, 6.45) is 0. The van der Waals surface area contributed by atoms with Gasteiger partial charge in [0.2, 0.25) is 0 Å². The molecule has 24 heavy (non-hydrogen) atoms. The van der Waals surface area contributed by atoms with E-state index in [1.165, 1.54) is 28.8 Å². The smallest absolute Gasteiger partial charge is 0.355 e. The van der Waals surface area contributed by atoms with Crippen LogP contribution in [-0.2, 0) is 6.61 Å². The van der Waals surface area contributed by atoms with E-state index >= 15 is 0 Å². The molecule has 7 heteroatoms. The first kappa shape index (κ1) is 16.4. The zero-order valence-corrected chi connectivity index (χ0v) is 13.8. The van der Waals surface area contributed by atoms with Crippen LogP contribution in [0.1, 0.15) is 16.1 Å². The lowest BCUT2D eigenvalue weighted by atomic mass is 10.2. The molecule has 3 aromatic rings. The molecule has 0 unspecified atom stereocenters. The summed E-state index contributed by atoms with van der Waals surface area (Å²) in [6, 6.07) is 11.4. The number of aromatic nitrogens is 1. The Labute approximate surface area is 146 Å². The molecule has 0 fully saturated rings. The number of ether oxygens (including phenoxy) is 1. The number of thiazole rings is 1. The SMILES string of the molecule is O=C(O)c1csc(-c2ccc(OCc3c(F)cccc3Cl)cc2)n1. The second-order valence-electron chi connectivity index (χ2n) is 4.86. The van der Waals surface area contributed by atoms with Crippen molar-refractivity contribution in [3.63, 3.8) is 0 Å². The maximum absolute atomic E-state index is 13.7. The Balaban J connectivity index is 1.71. The minimum atomic E-state index is -1.06. The summed E-state index contributed by atoms with van der Waals surface area (Å²) in [4.78, 5) is 14.9. The molecule has 0 radical (unpaired) electrons. The minimum Gasteiger partial charge on any atom is -0.489 e. The number of hydrogen-bond donors (Lipinski definition) is 1. The van der Waals surface area contributed by atoms with E-state index in [0.29, 0.717) is 21.3 Å². The molecular formula is C17H11ClFNO3S. The van der Waals surface area contributed by atoms with E-state index in [2.05, 4.69) is 4.98 Å². The number of carboxylic acid groups (broad SMARTS) is 1. The number of aromatic carboxylic acids is 1. The van der Waals surface area contributed by atoms with Crippen molar-refractivity contribution in [1.82, 2.24) is 4.98 Å². The van der Waals surface area contributed by atoms with Crippen LogP contribution in [0.3, 0.4) is 0 Å². The second-order valence-corrected chi connectivity index (χ2v) is 6.12. The van der Waals surface area contributed by atoms with Crippen molar-refractivity contribution in [3.05, 3.63) is 69.9 Å². The maximum Gasteiger partial charge on any atom is 0.355 e. The lowest BCUT2D eigenvalue weighted by molar-refractivity contribution is 0.0691. The van der Waals surface area contributed by atoms with Crippen LogP contribution in [0.5, 0.6) is 5.75 Å². The van der Waals surface area contributed by atoms with Crippen LogP contribution in [0.15, 0.2) is 47.8 Å². The molecule has 3 rings (SSSR count). The molecule has 0 aliphatic heterocycles. The molecule has 122 valence electrons. The Hall–Kier alpha value is -2.44. The topological polar surface area (TPSA) is 59.4 Å². The van der Waals surface area contributed by atoms with Crippen LogP contribution in [0.25, 0.3) is 10.6 Å². The first-order valence-corrected chi connectivity index (χ1v) is 8.15. The highest BCUT2D eigenvalue weighted by atomic mass is 35.5. The number of rotatable bonds is 5. The first-order valence-electron chi connectivity index (χ1n) is 6.89. The molecule has 0 atom stereocenters. The molecule has 0 bridgehead atoms. The quantitative estimate of drug-likeness (QED) is 0.701. The molecule has 0 aliphatic carbocycles. The fraction of sp³-hybridized carbons (Fsp3) is 0.0588. The number of carbonyl (C=O) groups is 1. The molecule has 2 aromatic carbocycles.